The summed E-state index contributed by atoms with van der Waals surface area (Å²) in [4.78, 5) is 24.3. The molecule has 1 rings (SSSR count). The predicted molar refractivity (Wildman–Crippen MR) is 89.5 cm³/mol. The van der Waals surface area contributed by atoms with E-state index in [4.69, 9.17) is 0 Å². The van der Waals surface area contributed by atoms with Crippen molar-refractivity contribution >= 4 is 17.3 Å². The van der Waals surface area contributed by atoms with Crippen molar-refractivity contribution in [1.29, 1.82) is 0 Å². The molecule has 0 heterocycles. The van der Waals surface area contributed by atoms with Gasteiger partial charge in [0.15, 0.2) is 0 Å². The zero-order valence-electron chi connectivity index (χ0n) is 14.1. The molecule has 0 unspecified atom stereocenters. The number of nitro benzene ring substituents is 1. The van der Waals surface area contributed by atoms with Gasteiger partial charge in [0.1, 0.15) is 0 Å². The molecule has 1 aromatic rings. The van der Waals surface area contributed by atoms with Crippen LogP contribution in [0.2, 0.25) is 0 Å². The Morgan fingerprint density at radius 2 is 2.09 bits per heavy atom. The number of likely N-dealkylation sites (N-methyl/N-ethyl adjacent to an activating group) is 1. The molecule has 128 valence electrons. The van der Waals surface area contributed by atoms with E-state index in [0.717, 1.165) is 6.54 Å². The van der Waals surface area contributed by atoms with Crippen molar-refractivity contribution in [3.05, 3.63) is 33.9 Å². The highest BCUT2D eigenvalue weighted by molar-refractivity contribution is 5.91. The van der Waals surface area contributed by atoms with E-state index in [1.165, 1.54) is 12.1 Å². The normalized spacial score (nSPS) is 11.6. The van der Waals surface area contributed by atoms with Gasteiger partial charge in [0.05, 0.1) is 10.5 Å². The summed E-state index contributed by atoms with van der Waals surface area (Å²) in [5.74, 6) is -0.156. The fourth-order valence-corrected chi connectivity index (χ4v) is 2.27. The lowest BCUT2D eigenvalue weighted by molar-refractivity contribution is -0.384. The van der Waals surface area contributed by atoms with E-state index in [1.807, 2.05) is 11.8 Å². The van der Waals surface area contributed by atoms with E-state index in [1.54, 1.807) is 26.8 Å². The predicted octanol–water partition coefficient (Wildman–Crippen LogP) is 2.32. The molecular weight excluding hydrogens is 298 g/mol. The number of hydrogen-bond donors (Lipinski definition) is 2. The molecule has 0 fully saturated rings. The summed E-state index contributed by atoms with van der Waals surface area (Å²) >= 11 is 0. The highest BCUT2D eigenvalue weighted by Gasteiger charge is 2.18. The number of carbonyl (C=O) groups excluding carboxylic acids is 1. The number of nitrogens with zero attached hydrogens (tertiary/aromatic N) is 2. The first kappa shape index (κ1) is 19.1. The number of nitrogens with one attached hydrogen (secondary N) is 1. The van der Waals surface area contributed by atoms with Crippen LogP contribution >= 0.6 is 0 Å². The number of non-ortho nitro benzene ring substituents is 1. The molecular formula is C16H25N3O4. The van der Waals surface area contributed by atoms with Crippen molar-refractivity contribution in [2.75, 3.05) is 25.0 Å². The van der Waals surface area contributed by atoms with Crippen LogP contribution in [-0.2, 0) is 4.79 Å². The number of anilines is 1. The van der Waals surface area contributed by atoms with Crippen molar-refractivity contribution in [1.82, 2.24) is 4.90 Å². The summed E-state index contributed by atoms with van der Waals surface area (Å²) in [6, 6.07) is 4.34. The maximum atomic E-state index is 12.0. The Morgan fingerprint density at radius 1 is 1.43 bits per heavy atom. The Kier molecular flexibility index (Phi) is 6.65. The Hall–Kier alpha value is -1.99. The third kappa shape index (κ3) is 6.75. The van der Waals surface area contributed by atoms with E-state index in [2.05, 4.69) is 5.32 Å². The summed E-state index contributed by atoms with van der Waals surface area (Å²) in [6.07, 6.45) is 0.292. The quantitative estimate of drug-likeness (QED) is 0.565. The number of carbonyl (C=O) groups is 1. The van der Waals surface area contributed by atoms with Crippen LogP contribution in [0.25, 0.3) is 0 Å². The molecule has 0 aromatic heterocycles. The lowest BCUT2D eigenvalue weighted by atomic mass is 10.1. The molecule has 0 aliphatic carbocycles. The molecule has 0 spiro atoms. The van der Waals surface area contributed by atoms with Crippen LogP contribution in [-0.4, -0.2) is 46.1 Å². The molecule has 0 saturated carbocycles. The molecule has 0 aliphatic heterocycles. The minimum Gasteiger partial charge on any atom is -0.389 e. The summed E-state index contributed by atoms with van der Waals surface area (Å²) < 4.78 is 0. The third-order valence-electron chi connectivity index (χ3n) is 3.41. The van der Waals surface area contributed by atoms with Crippen molar-refractivity contribution in [2.45, 2.75) is 39.7 Å². The Morgan fingerprint density at radius 3 is 2.57 bits per heavy atom. The number of amides is 1. The number of hydrogen-bond acceptors (Lipinski definition) is 5. The van der Waals surface area contributed by atoms with Gasteiger partial charge in [-0.3, -0.25) is 14.9 Å². The van der Waals surface area contributed by atoms with E-state index in [-0.39, 0.29) is 11.6 Å². The summed E-state index contributed by atoms with van der Waals surface area (Å²) in [5.41, 5.74) is 0.423. The van der Waals surface area contributed by atoms with Gasteiger partial charge in [0, 0.05) is 37.3 Å². The van der Waals surface area contributed by atoms with Crippen LogP contribution in [0.3, 0.4) is 0 Å². The smallest absolute Gasteiger partial charge is 0.269 e. The summed E-state index contributed by atoms with van der Waals surface area (Å²) in [6.45, 7) is 8.94. The minimum absolute atomic E-state index is 0.00262. The van der Waals surface area contributed by atoms with Crippen molar-refractivity contribution in [3.8, 4) is 0 Å². The monoisotopic (exact) mass is 323 g/mol. The third-order valence-corrected chi connectivity index (χ3v) is 3.41. The van der Waals surface area contributed by atoms with E-state index in [0.29, 0.717) is 30.8 Å². The summed E-state index contributed by atoms with van der Waals surface area (Å²) in [7, 11) is 0. The van der Waals surface area contributed by atoms with Gasteiger partial charge < -0.3 is 15.3 Å². The van der Waals surface area contributed by atoms with Crippen LogP contribution in [0.4, 0.5) is 11.4 Å². The molecule has 1 aromatic carbocycles. The average molecular weight is 323 g/mol. The van der Waals surface area contributed by atoms with Gasteiger partial charge in [0.2, 0.25) is 5.91 Å². The van der Waals surface area contributed by atoms with Gasteiger partial charge in [-0.1, -0.05) is 6.92 Å². The van der Waals surface area contributed by atoms with Crippen molar-refractivity contribution in [2.24, 2.45) is 0 Å². The Bertz CT molecular complexity index is 567. The fraction of sp³-hybridized carbons (Fsp3) is 0.562. The van der Waals surface area contributed by atoms with Gasteiger partial charge in [0.25, 0.3) is 5.69 Å². The van der Waals surface area contributed by atoms with Crippen LogP contribution < -0.4 is 5.32 Å². The van der Waals surface area contributed by atoms with Crippen LogP contribution in [0.5, 0.6) is 0 Å². The Labute approximate surface area is 136 Å². The van der Waals surface area contributed by atoms with Gasteiger partial charge in [-0.2, -0.15) is 0 Å². The highest BCUT2D eigenvalue weighted by Crippen LogP contribution is 2.21. The number of aryl methyl sites for hydroxylation is 1. The zero-order valence-corrected chi connectivity index (χ0v) is 14.1. The largest absolute Gasteiger partial charge is 0.389 e. The van der Waals surface area contributed by atoms with E-state index < -0.39 is 10.5 Å². The van der Waals surface area contributed by atoms with Crippen molar-refractivity contribution < 1.29 is 14.8 Å². The molecule has 0 radical (unpaired) electrons. The molecule has 0 atom stereocenters. The van der Waals surface area contributed by atoms with Gasteiger partial charge in [-0.05, 0) is 38.9 Å². The SMILES string of the molecule is CCN(CCC(=O)Nc1ccc([N+](=O)[O-])cc1C)CC(C)(C)O. The van der Waals surface area contributed by atoms with Gasteiger partial charge >= 0.3 is 0 Å². The molecule has 0 bridgehead atoms. The molecule has 7 nitrogen and oxygen atoms in total. The maximum Gasteiger partial charge on any atom is 0.269 e. The minimum atomic E-state index is -0.804. The van der Waals surface area contributed by atoms with Gasteiger partial charge in [-0.15, -0.1) is 0 Å². The van der Waals surface area contributed by atoms with Crippen LogP contribution in [0.15, 0.2) is 18.2 Å². The molecule has 0 saturated heterocycles. The van der Waals surface area contributed by atoms with E-state index >= 15 is 0 Å². The van der Waals surface area contributed by atoms with Crippen molar-refractivity contribution in [3.63, 3.8) is 0 Å². The first-order valence-electron chi connectivity index (χ1n) is 7.62. The molecule has 0 aliphatic rings. The fourth-order valence-electron chi connectivity index (χ4n) is 2.27. The maximum absolute atomic E-state index is 12.0. The average Bonchev–Trinajstić information content (AvgIpc) is 2.44. The van der Waals surface area contributed by atoms with Crippen LogP contribution in [0, 0.1) is 17.0 Å². The standard InChI is InChI=1S/C16H25N3O4/c1-5-18(11-16(3,4)21)9-8-15(20)17-14-7-6-13(19(22)23)10-12(14)2/h6-7,10,21H,5,8-9,11H2,1-4H3,(H,17,20). The van der Waals surface area contributed by atoms with E-state index in [9.17, 15) is 20.0 Å². The second-order valence-corrected chi connectivity index (χ2v) is 6.24. The second-order valence-electron chi connectivity index (χ2n) is 6.24. The topological polar surface area (TPSA) is 95.7 Å². The lowest BCUT2D eigenvalue weighted by Gasteiger charge is -2.27. The lowest BCUT2D eigenvalue weighted by Crippen LogP contribution is -2.39. The molecule has 7 heteroatoms. The molecule has 1 amide bonds. The summed E-state index contributed by atoms with van der Waals surface area (Å²) in [5, 5.41) is 23.3. The van der Waals surface area contributed by atoms with Gasteiger partial charge in [-0.25, -0.2) is 0 Å². The highest BCUT2D eigenvalue weighted by atomic mass is 16.6. The van der Waals surface area contributed by atoms with Crippen LogP contribution in [0.1, 0.15) is 32.8 Å². The molecule has 2 N–H and O–H groups in total. The number of nitro groups is 1. The number of aliphatic hydroxyl groups is 1. The number of rotatable bonds is 8. The molecule has 23 heavy (non-hydrogen) atoms. The first-order valence-corrected chi connectivity index (χ1v) is 7.62. The Balaban J connectivity index is 2.58. The zero-order chi connectivity index (χ0) is 17.6. The number of benzene rings is 1. The second kappa shape index (κ2) is 8.03. The first-order chi connectivity index (χ1) is 10.6.